The zero-order chi connectivity index (χ0) is 17.1. The number of carbonyl (C=O) groups is 1. The van der Waals surface area contributed by atoms with Crippen LogP contribution in [0.1, 0.15) is 30.3 Å². The molecule has 7 heteroatoms. The van der Waals surface area contributed by atoms with Crippen LogP contribution in [0.5, 0.6) is 0 Å². The fraction of sp³-hybridized carbons (Fsp3) is 0.588. The van der Waals surface area contributed by atoms with Gasteiger partial charge in [0.1, 0.15) is 17.4 Å². The van der Waals surface area contributed by atoms with Crippen LogP contribution in [0.4, 0.5) is 0 Å². The van der Waals surface area contributed by atoms with Crippen molar-refractivity contribution in [3.8, 4) is 0 Å². The van der Waals surface area contributed by atoms with Crippen LogP contribution in [-0.2, 0) is 17.9 Å². The van der Waals surface area contributed by atoms with E-state index in [0.29, 0.717) is 19.1 Å². The highest BCUT2D eigenvalue weighted by Crippen LogP contribution is 2.19. The van der Waals surface area contributed by atoms with E-state index in [0.717, 1.165) is 43.3 Å². The van der Waals surface area contributed by atoms with Gasteiger partial charge in [-0.2, -0.15) is 5.10 Å². The molecule has 3 rings (SSSR count). The van der Waals surface area contributed by atoms with E-state index in [1.165, 1.54) is 0 Å². The standard InChI is InChI=1S/C17H25N5O2/c1-13-18-14(2)22(19-13)10-15-6-4-8-21(15)12-17(23)20(3)11-16-7-5-9-24-16/h5,7,9,15H,4,6,8,10-12H2,1-3H3. The summed E-state index contributed by atoms with van der Waals surface area (Å²) >= 11 is 0. The van der Waals surface area contributed by atoms with E-state index >= 15 is 0 Å². The molecule has 130 valence electrons. The van der Waals surface area contributed by atoms with Gasteiger partial charge in [0.2, 0.25) is 5.91 Å². The molecule has 0 spiro atoms. The third-order valence-electron chi connectivity index (χ3n) is 4.58. The van der Waals surface area contributed by atoms with Crippen LogP contribution in [0, 0.1) is 13.8 Å². The van der Waals surface area contributed by atoms with Crippen LogP contribution in [-0.4, -0.2) is 56.7 Å². The molecule has 0 N–H and O–H groups in total. The highest BCUT2D eigenvalue weighted by Gasteiger charge is 2.28. The molecule has 3 heterocycles. The second kappa shape index (κ2) is 7.17. The zero-order valence-corrected chi connectivity index (χ0v) is 14.6. The quantitative estimate of drug-likeness (QED) is 0.804. The van der Waals surface area contributed by atoms with Gasteiger partial charge in [-0.3, -0.25) is 9.69 Å². The van der Waals surface area contributed by atoms with Crippen molar-refractivity contribution in [3.05, 3.63) is 35.8 Å². The SMILES string of the molecule is Cc1nc(C)n(CC2CCCN2CC(=O)N(C)Cc2ccco2)n1. The second-order valence-electron chi connectivity index (χ2n) is 6.48. The molecule has 24 heavy (non-hydrogen) atoms. The summed E-state index contributed by atoms with van der Waals surface area (Å²) in [5.41, 5.74) is 0. The second-order valence-corrected chi connectivity index (χ2v) is 6.48. The minimum absolute atomic E-state index is 0.116. The Balaban J connectivity index is 1.57. The van der Waals surface area contributed by atoms with Crippen LogP contribution in [0.25, 0.3) is 0 Å². The lowest BCUT2D eigenvalue weighted by atomic mass is 10.2. The Morgan fingerprint density at radius 3 is 2.96 bits per heavy atom. The molecule has 0 bridgehead atoms. The van der Waals surface area contributed by atoms with Crippen LogP contribution in [0.3, 0.4) is 0 Å². The first-order valence-electron chi connectivity index (χ1n) is 8.41. The molecular formula is C17H25N5O2. The molecule has 2 aromatic rings. The van der Waals surface area contributed by atoms with E-state index in [-0.39, 0.29) is 5.91 Å². The number of aryl methyl sites for hydroxylation is 2. The molecule has 1 unspecified atom stereocenters. The molecule has 0 aromatic carbocycles. The summed E-state index contributed by atoms with van der Waals surface area (Å²) in [6.45, 7) is 6.57. The summed E-state index contributed by atoms with van der Waals surface area (Å²) in [5, 5.41) is 4.44. The maximum absolute atomic E-state index is 12.5. The maximum Gasteiger partial charge on any atom is 0.236 e. The number of amides is 1. The first kappa shape index (κ1) is 16.7. The molecule has 1 aliphatic heterocycles. The van der Waals surface area contributed by atoms with Crippen molar-refractivity contribution < 1.29 is 9.21 Å². The van der Waals surface area contributed by atoms with Crippen LogP contribution < -0.4 is 0 Å². The van der Waals surface area contributed by atoms with E-state index in [1.54, 1.807) is 11.2 Å². The fourth-order valence-corrected chi connectivity index (χ4v) is 3.26. The Hall–Kier alpha value is -2.15. The van der Waals surface area contributed by atoms with Crippen molar-refractivity contribution in [1.29, 1.82) is 0 Å². The van der Waals surface area contributed by atoms with E-state index in [4.69, 9.17) is 4.42 Å². The minimum atomic E-state index is 0.116. The van der Waals surface area contributed by atoms with Crippen LogP contribution in [0.2, 0.25) is 0 Å². The van der Waals surface area contributed by atoms with Gasteiger partial charge in [0.05, 0.1) is 25.9 Å². The molecule has 0 saturated carbocycles. The van der Waals surface area contributed by atoms with Crippen molar-refractivity contribution in [3.63, 3.8) is 0 Å². The van der Waals surface area contributed by atoms with E-state index in [1.807, 2.05) is 37.7 Å². The number of hydrogen-bond donors (Lipinski definition) is 0. The number of nitrogens with zero attached hydrogens (tertiary/aromatic N) is 5. The Morgan fingerprint density at radius 1 is 1.46 bits per heavy atom. The lowest BCUT2D eigenvalue weighted by molar-refractivity contribution is -0.132. The first-order valence-corrected chi connectivity index (χ1v) is 8.41. The van der Waals surface area contributed by atoms with Crippen molar-refractivity contribution in [2.45, 2.75) is 45.8 Å². The topological polar surface area (TPSA) is 67.4 Å². The van der Waals surface area contributed by atoms with Crippen LogP contribution in [0.15, 0.2) is 22.8 Å². The molecule has 7 nitrogen and oxygen atoms in total. The fourth-order valence-electron chi connectivity index (χ4n) is 3.26. The van der Waals surface area contributed by atoms with Gasteiger partial charge >= 0.3 is 0 Å². The van der Waals surface area contributed by atoms with Gasteiger partial charge in [-0.05, 0) is 45.4 Å². The average molecular weight is 331 g/mol. The number of rotatable bonds is 6. The third-order valence-corrected chi connectivity index (χ3v) is 4.58. The lowest BCUT2D eigenvalue weighted by Crippen LogP contribution is -2.42. The lowest BCUT2D eigenvalue weighted by Gasteiger charge is -2.26. The summed E-state index contributed by atoms with van der Waals surface area (Å²) in [7, 11) is 1.82. The summed E-state index contributed by atoms with van der Waals surface area (Å²) in [6.07, 6.45) is 3.84. The third kappa shape index (κ3) is 3.84. The van der Waals surface area contributed by atoms with Crippen molar-refractivity contribution in [1.82, 2.24) is 24.6 Å². The number of furan rings is 1. The van der Waals surface area contributed by atoms with Crippen LogP contribution >= 0.6 is 0 Å². The number of aromatic nitrogens is 3. The largest absolute Gasteiger partial charge is 0.467 e. The Morgan fingerprint density at radius 2 is 2.29 bits per heavy atom. The number of carbonyl (C=O) groups excluding carboxylic acids is 1. The molecule has 1 fully saturated rings. The molecule has 1 saturated heterocycles. The van der Waals surface area contributed by atoms with Crippen molar-refractivity contribution in [2.75, 3.05) is 20.1 Å². The summed E-state index contributed by atoms with van der Waals surface area (Å²) in [4.78, 5) is 20.8. The van der Waals surface area contributed by atoms with Gasteiger partial charge < -0.3 is 9.32 Å². The zero-order valence-electron chi connectivity index (χ0n) is 14.6. The van der Waals surface area contributed by atoms with E-state index in [2.05, 4.69) is 15.0 Å². The normalized spacial score (nSPS) is 18.2. The van der Waals surface area contributed by atoms with Crippen molar-refractivity contribution in [2.24, 2.45) is 0 Å². The predicted molar refractivity (Wildman–Crippen MR) is 89.3 cm³/mol. The predicted octanol–water partition coefficient (Wildman–Crippen LogP) is 1.61. The van der Waals surface area contributed by atoms with Gasteiger partial charge in [0, 0.05) is 13.1 Å². The van der Waals surface area contributed by atoms with Gasteiger partial charge in [-0.1, -0.05) is 0 Å². The van der Waals surface area contributed by atoms with Gasteiger partial charge in [-0.25, -0.2) is 9.67 Å². The van der Waals surface area contributed by atoms with Gasteiger partial charge in [-0.15, -0.1) is 0 Å². The smallest absolute Gasteiger partial charge is 0.236 e. The molecule has 1 atom stereocenters. The van der Waals surface area contributed by atoms with Crippen molar-refractivity contribution >= 4 is 5.91 Å². The Kier molecular flexibility index (Phi) is 4.99. The Bertz CT molecular complexity index is 679. The van der Waals surface area contributed by atoms with E-state index < -0.39 is 0 Å². The molecule has 2 aromatic heterocycles. The highest BCUT2D eigenvalue weighted by molar-refractivity contribution is 5.78. The Labute approximate surface area is 142 Å². The summed E-state index contributed by atoms with van der Waals surface area (Å²) < 4.78 is 7.27. The monoisotopic (exact) mass is 331 g/mol. The van der Waals surface area contributed by atoms with Gasteiger partial charge in [0.15, 0.2) is 0 Å². The molecule has 1 aliphatic rings. The van der Waals surface area contributed by atoms with E-state index in [9.17, 15) is 4.79 Å². The summed E-state index contributed by atoms with van der Waals surface area (Å²) in [6, 6.07) is 4.07. The van der Waals surface area contributed by atoms with Gasteiger partial charge in [0.25, 0.3) is 0 Å². The number of hydrogen-bond acceptors (Lipinski definition) is 5. The molecular weight excluding hydrogens is 306 g/mol. The average Bonchev–Trinajstić information content (AvgIpc) is 3.24. The summed E-state index contributed by atoms with van der Waals surface area (Å²) in [5.74, 6) is 2.65. The number of likely N-dealkylation sites (N-methyl/N-ethyl adjacent to an activating group) is 1. The molecule has 0 aliphatic carbocycles. The maximum atomic E-state index is 12.5. The molecule has 0 radical (unpaired) electrons. The highest BCUT2D eigenvalue weighted by atomic mass is 16.3. The molecule has 1 amide bonds. The minimum Gasteiger partial charge on any atom is -0.467 e. The first-order chi connectivity index (χ1) is 11.5. The number of likely N-dealkylation sites (tertiary alicyclic amines) is 1.